The van der Waals surface area contributed by atoms with E-state index in [9.17, 15) is 0 Å². The van der Waals surface area contributed by atoms with E-state index in [1.165, 1.54) is 32.1 Å². The third kappa shape index (κ3) is 3.06. The highest BCUT2D eigenvalue weighted by Gasteiger charge is 2.24. The van der Waals surface area contributed by atoms with Crippen molar-refractivity contribution in [1.82, 2.24) is 0 Å². The summed E-state index contributed by atoms with van der Waals surface area (Å²) in [5.74, 6) is 0. The molecule has 0 aromatic carbocycles. The molecule has 0 aromatic rings. The predicted octanol–water partition coefficient (Wildman–Crippen LogP) is 3.35. The summed E-state index contributed by atoms with van der Waals surface area (Å²) >= 11 is 1.86. The molecule has 68 valence electrons. The highest BCUT2D eigenvalue weighted by Crippen LogP contribution is 2.36. The zero-order valence-corrected chi connectivity index (χ0v) is 8.78. The summed E-state index contributed by atoms with van der Waals surface area (Å²) < 4.78 is -0.179. The van der Waals surface area contributed by atoms with E-state index in [0.717, 1.165) is 5.25 Å². The third-order valence-electron chi connectivity index (χ3n) is 2.28. The molecule has 0 bridgehead atoms. The fourth-order valence-corrected chi connectivity index (χ4v) is 3.08. The fraction of sp³-hybridized carbons (Fsp3) is 0.900. The molecule has 1 aliphatic rings. The van der Waals surface area contributed by atoms with Gasteiger partial charge in [-0.2, -0.15) is 5.26 Å². The molecule has 0 aliphatic heterocycles. The number of nitriles is 1. The highest BCUT2D eigenvalue weighted by atomic mass is 32.2. The minimum Gasteiger partial charge on any atom is -0.197 e. The van der Waals surface area contributed by atoms with E-state index in [1.807, 2.05) is 25.6 Å². The first-order valence-corrected chi connectivity index (χ1v) is 5.61. The van der Waals surface area contributed by atoms with Gasteiger partial charge < -0.3 is 0 Å². The molecular weight excluding hydrogens is 166 g/mol. The maximum Gasteiger partial charge on any atom is 0.0970 e. The van der Waals surface area contributed by atoms with Crippen LogP contribution in [0.25, 0.3) is 0 Å². The molecule has 1 rings (SSSR count). The summed E-state index contributed by atoms with van der Waals surface area (Å²) in [6.45, 7) is 4.04. The Hall–Kier alpha value is -0.160. The van der Waals surface area contributed by atoms with Crippen LogP contribution in [-0.2, 0) is 0 Å². The molecule has 1 saturated carbocycles. The van der Waals surface area contributed by atoms with E-state index in [-0.39, 0.29) is 4.75 Å². The number of rotatable bonds is 2. The van der Waals surface area contributed by atoms with Crippen LogP contribution in [0.5, 0.6) is 0 Å². The molecule has 0 N–H and O–H groups in total. The Bertz CT molecular complexity index is 175. The smallest absolute Gasteiger partial charge is 0.0970 e. The standard InChI is InChI=1S/C10H17NS/c1-10(2,8-11)12-9-6-4-3-5-7-9/h9H,3-7H2,1-2H3. The Balaban J connectivity index is 2.35. The lowest BCUT2D eigenvalue weighted by molar-refractivity contribution is 0.514. The molecule has 1 nitrogen and oxygen atoms in total. The molecule has 1 aliphatic carbocycles. The van der Waals surface area contributed by atoms with Crippen molar-refractivity contribution >= 4 is 11.8 Å². The minimum atomic E-state index is -0.179. The summed E-state index contributed by atoms with van der Waals surface area (Å²) in [7, 11) is 0. The topological polar surface area (TPSA) is 23.8 Å². The molecule has 0 saturated heterocycles. The van der Waals surface area contributed by atoms with Crippen molar-refractivity contribution in [2.75, 3.05) is 0 Å². The predicted molar refractivity (Wildman–Crippen MR) is 54.2 cm³/mol. The first-order valence-electron chi connectivity index (χ1n) is 4.73. The van der Waals surface area contributed by atoms with Gasteiger partial charge in [-0.25, -0.2) is 0 Å². The molecule has 1 fully saturated rings. The Morgan fingerprint density at radius 2 is 1.83 bits per heavy atom. The van der Waals surface area contributed by atoms with E-state index < -0.39 is 0 Å². The molecule has 0 spiro atoms. The molecule has 0 heterocycles. The van der Waals surface area contributed by atoms with Crippen LogP contribution >= 0.6 is 11.8 Å². The fourth-order valence-electron chi connectivity index (χ4n) is 1.63. The lowest BCUT2D eigenvalue weighted by Crippen LogP contribution is -2.19. The highest BCUT2D eigenvalue weighted by molar-refractivity contribution is 8.01. The summed E-state index contributed by atoms with van der Waals surface area (Å²) in [5.41, 5.74) is 0. The van der Waals surface area contributed by atoms with Gasteiger partial charge in [0.15, 0.2) is 0 Å². The normalized spacial score (nSPS) is 20.4. The molecule has 0 aromatic heterocycles. The quantitative estimate of drug-likeness (QED) is 0.655. The van der Waals surface area contributed by atoms with Gasteiger partial charge in [0.05, 0.1) is 10.8 Å². The van der Waals surface area contributed by atoms with Crippen LogP contribution in [0, 0.1) is 11.3 Å². The maximum absolute atomic E-state index is 8.85. The zero-order chi connectivity index (χ0) is 9.03. The molecule has 0 amide bonds. The van der Waals surface area contributed by atoms with Crippen molar-refractivity contribution in [3.8, 4) is 6.07 Å². The van der Waals surface area contributed by atoms with Crippen LogP contribution in [-0.4, -0.2) is 10.00 Å². The van der Waals surface area contributed by atoms with Crippen molar-refractivity contribution in [1.29, 1.82) is 5.26 Å². The largest absolute Gasteiger partial charge is 0.197 e. The van der Waals surface area contributed by atoms with E-state index in [4.69, 9.17) is 5.26 Å². The number of hydrogen-bond acceptors (Lipinski definition) is 2. The van der Waals surface area contributed by atoms with Crippen LogP contribution in [0.1, 0.15) is 46.0 Å². The minimum absolute atomic E-state index is 0.179. The van der Waals surface area contributed by atoms with Crippen molar-refractivity contribution in [2.24, 2.45) is 0 Å². The number of thioether (sulfide) groups is 1. The Morgan fingerprint density at radius 1 is 1.25 bits per heavy atom. The number of nitrogens with zero attached hydrogens (tertiary/aromatic N) is 1. The Kier molecular flexibility index (Phi) is 3.46. The van der Waals surface area contributed by atoms with E-state index in [1.54, 1.807) is 0 Å². The van der Waals surface area contributed by atoms with Gasteiger partial charge in [0, 0.05) is 5.25 Å². The van der Waals surface area contributed by atoms with Crippen LogP contribution in [0.3, 0.4) is 0 Å². The molecule has 0 atom stereocenters. The first kappa shape index (κ1) is 9.92. The second-order valence-electron chi connectivity index (χ2n) is 4.00. The SMILES string of the molecule is CC(C)(C#N)SC1CCCCC1. The Labute approximate surface area is 79.5 Å². The molecule has 0 radical (unpaired) electrons. The summed E-state index contributed by atoms with van der Waals surface area (Å²) in [6.07, 6.45) is 6.74. The van der Waals surface area contributed by atoms with Crippen LogP contribution in [0.15, 0.2) is 0 Å². The van der Waals surface area contributed by atoms with Crippen molar-refractivity contribution in [3.63, 3.8) is 0 Å². The van der Waals surface area contributed by atoms with E-state index in [2.05, 4.69) is 6.07 Å². The first-order chi connectivity index (χ1) is 5.64. The molecule has 12 heavy (non-hydrogen) atoms. The Morgan fingerprint density at radius 3 is 2.33 bits per heavy atom. The van der Waals surface area contributed by atoms with Crippen LogP contribution in [0.4, 0.5) is 0 Å². The summed E-state index contributed by atoms with van der Waals surface area (Å²) in [5, 5.41) is 9.60. The van der Waals surface area contributed by atoms with E-state index >= 15 is 0 Å². The monoisotopic (exact) mass is 183 g/mol. The van der Waals surface area contributed by atoms with Gasteiger partial charge in [-0.1, -0.05) is 19.3 Å². The van der Waals surface area contributed by atoms with Gasteiger partial charge in [0.25, 0.3) is 0 Å². The van der Waals surface area contributed by atoms with Gasteiger partial charge in [0.2, 0.25) is 0 Å². The van der Waals surface area contributed by atoms with Crippen molar-refractivity contribution < 1.29 is 0 Å². The van der Waals surface area contributed by atoms with E-state index in [0.29, 0.717) is 0 Å². The zero-order valence-electron chi connectivity index (χ0n) is 7.97. The van der Waals surface area contributed by atoms with Crippen molar-refractivity contribution in [3.05, 3.63) is 0 Å². The van der Waals surface area contributed by atoms with Gasteiger partial charge >= 0.3 is 0 Å². The second-order valence-corrected chi connectivity index (χ2v) is 5.92. The second kappa shape index (κ2) is 4.18. The van der Waals surface area contributed by atoms with Gasteiger partial charge in [-0.15, -0.1) is 11.8 Å². The summed E-state index contributed by atoms with van der Waals surface area (Å²) in [6, 6.07) is 2.35. The average molecular weight is 183 g/mol. The van der Waals surface area contributed by atoms with Gasteiger partial charge in [0.1, 0.15) is 0 Å². The van der Waals surface area contributed by atoms with Gasteiger partial charge in [-0.3, -0.25) is 0 Å². The number of hydrogen-bond donors (Lipinski definition) is 0. The summed E-state index contributed by atoms with van der Waals surface area (Å²) in [4.78, 5) is 0. The average Bonchev–Trinajstić information content (AvgIpc) is 2.06. The van der Waals surface area contributed by atoms with Crippen LogP contribution in [0.2, 0.25) is 0 Å². The van der Waals surface area contributed by atoms with Gasteiger partial charge in [-0.05, 0) is 26.7 Å². The molecule has 2 heteroatoms. The van der Waals surface area contributed by atoms with Crippen molar-refractivity contribution in [2.45, 2.75) is 55.9 Å². The maximum atomic E-state index is 8.85. The van der Waals surface area contributed by atoms with Crippen LogP contribution < -0.4 is 0 Å². The lowest BCUT2D eigenvalue weighted by Gasteiger charge is -2.26. The molecular formula is C10H17NS. The lowest BCUT2D eigenvalue weighted by atomic mass is 10.0. The third-order valence-corrected chi connectivity index (χ3v) is 3.77. The molecule has 0 unspecified atom stereocenters.